The molecule has 1 aliphatic heterocycles. The highest BCUT2D eigenvalue weighted by Crippen LogP contribution is 2.44. The highest BCUT2D eigenvalue weighted by Gasteiger charge is 2.42. The molecule has 98 valence electrons. The van der Waals surface area contributed by atoms with Gasteiger partial charge in [-0.25, -0.2) is 0 Å². The summed E-state index contributed by atoms with van der Waals surface area (Å²) in [4.78, 5) is 2.64. The molecule has 1 aromatic rings. The van der Waals surface area contributed by atoms with Crippen molar-refractivity contribution in [2.75, 3.05) is 13.1 Å². The van der Waals surface area contributed by atoms with Crippen LogP contribution in [0.5, 0.6) is 0 Å². The highest BCUT2D eigenvalue weighted by molar-refractivity contribution is 9.10. The quantitative estimate of drug-likeness (QED) is 0.918. The Morgan fingerprint density at radius 2 is 2.11 bits per heavy atom. The van der Waals surface area contributed by atoms with Gasteiger partial charge >= 0.3 is 0 Å². The molecule has 3 rings (SSSR count). The Morgan fingerprint density at radius 3 is 2.72 bits per heavy atom. The van der Waals surface area contributed by atoms with Crippen molar-refractivity contribution in [1.29, 1.82) is 0 Å². The maximum Gasteiger partial charge on any atom is 0.0551 e. The third-order valence-electron chi connectivity index (χ3n) is 4.17. The van der Waals surface area contributed by atoms with E-state index in [9.17, 15) is 0 Å². The molecule has 4 heteroatoms. The molecule has 1 aromatic carbocycles. The van der Waals surface area contributed by atoms with Crippen molar-refractivity contribution in [2.24, 2.45) is 11.7 Å². The van der Waals surface area contributed by atoms with E-state index in [-0.39, 0.29) is 0 Å². The van der Waals surface area contributed by atoms with Crippen molar-refractivity contribution >= 4 is 27.5 Å². The molecule has 0 spiro atoms. The average molecular weight is 330 g/mol. The van der Waals surface area contributed by atoms with Gasteiger partial charge in [-0.15, -0.1) is 0 Å². The minimum atomic E-state index is 0.466. The van der Waals surface area contributed by atoms with Crippen LogP contribution in [-0.4, -0.2) is 24.0 Å². The van der Waals surface area contributed by atoms with Crippen molar-refractivity contribution in [3.05, 3.63) is 33.3 Å². The SMILES string of the molecule is NCC1CCN(C2CC2)C1c1ccc(Br)c(Cl)c1. The van der Waals surface area contributed by atoms with E-state index in [2.05, 4.69) is 39.0 Å². The molecule has 1 saturated heterocycles. The summed E-state index contributed by atoms with van der Waals surface area (Å²) >= 11 is 9.69. The fraction of sp³-hybridized carbons (Fsp3) is 0.571. The van der Waals surface area contributed by atoms with E-state index < -0.39 is 0 Å². The molecule has 18 heavy (non-hydrogen) atoms. The van der Waals surface area contributed by atoms with E-state index in [0.29, 0.717) is 12.0 Å². The zero-order chi connectivity index (χ0) is 12.7. The fourth-order valence-electron chi connectivity index (χ4n) is 3.11. The summed E-state index contributed by atoms with van der Waals surface area (Å²) in [5, 5.41) is 0.797. The van der Waals surface area contributed by atoms with Crippen LogP contribution in [0.3, 0.4) is 0 Å². The number of likely N-dealkylation sites (tertiary alicyclic amines) is 1. The van der Waals surface area contributed by atoms with Crippen molar-refractivity contribution in [2.45, 2.75) is 31.3 Å². The van der Waals surface area contributed by atoms with Crippen LogP contribution in [0.25, 0.3) is 0 Å². The summed E-state index contributed by atoms with van der Waals surface area (Å²) in [6.45, 7) is 1.95. The van der Waals surface area contributed by atoms with E-state index in [4.69, 9.17) is 17.3 Å². The Balaban J connectivity index is 1.92. The normalized spacial score (nSPS) is 28.8. The number of nitrogens with two attached hydrogens (primary N) is 1. The van der Waals surface area contributed by atoms with Crippen molar-refractivity contribution < 1.29 is 0 Å². The first-order chi connectivity index (χ1) is 8.70. The van der Waals surface area contributed by atoms with Gasteiger partial charge in [0.1, 0.15) is 0 Å². The van der Waals surface area contributed by atoms with Crippen molar-refractivity contribution in [1.82, 2.24) is 4.90 Å². The monoisotopic (exact) mass is 328 g/mol. The van der Waals surface area contributed by atoms with E-state index in [1.807, 2.05) is 0 Å². The van der Waals surface area contributed by atoms with E-state index >= 15 is 0 Å². The lowest BCUT2D eigenvalue weighted by atomic mass is 9.94. The Bertz CT molecular complexity index is 447. The van der Waals surface area contributed by atoms with E-state index in [0.717, 1.165) is 22.1 Å². The van der Waals surface area contributed by atoms with Gasteiger partial charge in [-0.3, -0.25) is 4.90 Å². The second-order valence-electron chi connectivity index (χ2n) is 5.37. The Labute approximate surface area is 122 Å². The zero-order valence-electron chi connectivity index (χ0n) is 10.3. The van der Waals surface area contributed by atoms with Crippen LogP contribution in [0.2, 0.25) is 5.02 Å². The minimum Gasteiger partial charge on any atom is -0.330 e. The first-order valence-corrected chi connectivity index (χ1v) is 7.78. The second-order valence-corrected chi connectivity index (χ2v) is 6.63. The molecule has 0 bridgehead atoms. The van der Waals surface area contributed by atoms with Gasteiger partial charge in [-0.2, -0.15) is 0 Å². The molecule has 0 radical (unpaired) electrons. The summed E-state index contributed by atoms with van der Waals surface area (Å²) in [6.07, 6.45) is 3.90. The van der Waals surface area contributed by atoms with Crippen molar-refractivity contribution in [3.63, 3.8) is 0 Å². The standard InChI is InChI=1S/C14H18BrClN2/c15-12-4-1-9(7-13(12)16)14-10(8-17)5-6-18(14)11-2-3-11/h1,4,7,10-11,14H,2-3,5-6,8,17H2. The van der Waals surface area contributed by atoms with Crippen LogP contribution in [0.1, 0.15) is 30.9 Å². The highest BCUT2D eigenvalue weighted by atomic mass is 79.9. The summed E-state index contributed by atoms with van der Waals surface area (Å²) in [6, 6.07) is 7.58. The van der Waals surface area contributed by atoms with Gasteiger partial charge < -0.3 is 5.73 Å². The lowest BCUT2D eigenvalue weighted by molar-refractivity contribution is 0.220. The lowest BCUT2D eigenvalue weighted by Crippen LogP contribution is -2.29. The Morgan fingerprint density at radius 1 is 1.33 bits per heavy atom. The Kier molecular flexibility index (Phi) is 3.68. The third-order valence-corrected chi connectivity index (χ3v) is 5.40. The van der Waals surface area contributed by atoms with Gasteiger partial charge in [0.15, 0.2) is 0 Å². The molecule has 2 atom stereocenters. The molecule has 1 saturated carbocycles. The predicted molar refractivity (Wildman–Crippen MR) is 78.8 cm³/mol. The molecule has 1 heterocycles. The number of rotatable bonds is 3. The number of nitrogens with zero attached hydrogens (tertiary/aromatic N) is 1. The largest absolute Gasteiger partial charge is 0.330 e. The molecule has 2 aliphatic rings. The average Bonchev–Trinajstić information content (AvgIpc) is 3.12. The summed E-state index contributed by atoms with van der Waals surface area (Å²) in [5.74, 6) is 0.572. The second kappa shape index (κ2) is 5.12. The number of halogens is 2. The van der Waals surface area contributed by atoms with Crippen molar-refractivity contribution in [3.8, 4) is 0 Å². The topological polar surface area (TPSA) is 29.3 Å². The number of hydrogen-bond acceptors (Lipinski definition) is 2. The van der Waals surface area contributed by atoms with Gasteiger partial charge in [0.05, 0.1) is 5.02 Å². The van der Waals surface area contributed by atoms with Gasteiger partial charge in [0, 0.05) is 16.6 Å². The summed E-state index contributed by atoms with van der Waals surface area (Å²) in [5.41, 5.74) is 7.27. The zero-order valence-corrected chi connectivity index (χ0v) is 12.6. The van der Waals surface area contributed by atoms with Gasteiger partial charge in [0.2, 0.25) is 0 Å². The van der Waals surface area contributed by atoms with Crippen LogP contribution >= 0.6 is 27.5 Å². The molecule has 1 aliphatic carbocycles. The minimum absolute atomic E-state index is 0.466. The first kappa shape index (κ1) is 12.9. The lowest BCUT2D eigenvalue weighted by Gasteiger charge is -2.28. The van der Waals surface area contributed by atoms with Crippen LogP contribution in [-0.2, 0) is 0 Å². The maximum absolute atomic E-state index is 6.23. The smallest absolute Gasteiger partial charge is 0.0551 e. The molecule has 2 nitrogen and oxygen atoms in total. The van der Waals surface area contributed by atoms with Crippen LogP contribution in [0, 0.1) is 5.92 Å². The van der Waals surface area contributed by atoms with E-state index in [1.54, 1.807) is 0 Å². The predicted octanol–water partition coefficient (Wildman–Crippen LogP) is 3.59. The molecular weight excluding hydrogens is 312 g/mol. The molecule has 2 N–H and O–H groups in total. The summed E-state index contributed by atoms with van der Waals surface area (Å²) in [7, 11) is 0. The molecule has 0 aromatic heterocycles. The third kappa shape index (κ3) is 2.34. The number of hydrogen-bond donors (Lipinski definition) is 1. The fourth-order valence-corrected chi connectivity index (χ4v) is 3.54. The molecule has 2 unspecified atom stereocenters. The molecular formula is C14H18BrClN2. The molecule has 0 amide bonds. The maximum atomic E-state index is 6.23. The van der Waals surface area contributed by atoms with Crippen LogP contribution in [0.15, 0.2) is 22.7 Å². The van der Waals surface area contributed by atoms with Crippen LogP contribution < -0.4 is 5.73 Å². The van der Waals surface area contributed by atoms with Crippen LogP contribution in [0.4, 0.5) is 0 Å². The molecule has 2 fully saturated rings. The summed E-state index contributed by atoms with van der Waals surface area (Å²) < 4.78 is 0.966. The van der Waals surface area contributed by atoms with Gasteiger partial charge in [-0.05, 0) is 71.9 Å². The first-order valence-electron chi connectivity index (χ1n) is 6.61. The number of benzene rings is 1. The Hall–Kier alpha value is -0.0900. The van der Waals surface area contributed by atoms with E-state index in [1.165, 1.54) is 31.4 Å². The van der Waals surface area contributed by atoms with Gasteiger partial charge in [0.25, 0.3) is 0 Å². The van der Waals surface area contributed by atoms with Gasteiger partial charge in [-0.1, -0.05) is 17.7 Å².